The molecule has 2 amide bonds. The zero-order chi connectivity index (χ0) is 61.9. The van der Waals surface area contributed by atoms with E-state index in [4.69, 9.17) is 28.4 Å². The lowest BCUT2D eigenvalue weighted by Gasteiger charge is -2.28. The summed E-state index contributed by atoms with van der Waals surface area (Å²) in [6.07, 6.45) is 50.1. The van der Waals surface area contributed by atoms with Crippen LogP contribution in [0.1, 0.15) is 336 Å². The molecular weight excluding hydrogens is 1080 g/mol. The molecule has 2 saturated heterocycles. The molecule has 0 aromatic carbocycles. The first kappa shape index (κ1) is 79.4. The lowest BCUT2D eigenvalue weighted by molar-refractivity contribution is -0.151. The van der Waals surface area contributed by atoms with Crippen molar-refractivity contribution in [1.29, 1.82) is 0 Å². The molecule has 506 valence electrons. The van der Waals surface area contributed by atoms with Crippen LogP contribution in [-0.2, 0) is 38.0 Å². The lowest BCUT2D eigenvalue weighted by atomic mass is 10.0. The van der Waals surface area contributed by atoms with Crippen LogP contribution in [-0.4, -0.2) is 137 Å². The molecule has 0 aromatic rings. The van der Waals surface area contributed by atoms with Crippen molar-refractivity contribution in [2.45, 2.75) is 360 Å². The summed E-state index contributed by atoms with van der Waals surface area (Å²) in [7, 11) is 0. The first-order chi connectivity index (χ1) is 42.3. The van der Waals surface area contributed by atoms with Crippen LogP contribution in [0.25, 0.3) is 0 Å². The Bertz CT molecular complexity index is 1390. The first-order valence-electron chi connectivity index (χ1n) is 37.2. The Morgan fingerprint density at radius 3 is 0.953 bits per heavy atom. The maximum Gasteiger partial charge on any atom is 0.407 e. The highest BCUT2D eigenvalue weighted by Gasteiger charge is 2.30. The third-order valence-corrected chi connectivity index (χ3v) is 17.7. The van der Waals surface area contributed by atoms with Crippen molar-refractivity contribution in [3.63, 3.8) is 0 Å². The molecule has 0 radical (unpaired) electrons. The second-order valence-electron chi connectivity index (χ2n) is 25.9. The number of hydrogen-bond acceptors (Lipinski definition) is 12. The highest BCUT2D eigenvalue weighted by Crippen LogP contribution is 2.21. The summed E-state index contributed by atoms with van der Waals surface area (Å²) in [5.41, 5.74) is 0. The molecule has 2 aliphatic rings. The Kier molecular flexibility index (Phi) is 55.3. The van der Waals surface area contributed by atoms with Gasteiger partial charge in [0, 0.05) is 39.1 Å². The topological polar surface area (TPSA) is 154 Å². The van der Waals surface area contributed by atoms with Crippen LogP contribution in [0.2, 0.25) is 0 Å². The van der Waals surface area contributed by atoms with Crippen molar-refractivity contribution in [2.24, 2.45) is 0 Å². The fourth-order valence-electron chi connectivity index (χ4n) is 12.2. The van der Waals surface area contributed by atoms with E-state index in [0.717, 1.165) is 168 Å². The van der Waals surface area contributed by atoms with Crippen molar-refractivity contribution in [1.82, 2.24) is 20.4 Å². The molecule has 2 aliphatic heterocycles. The molecule has 2 rings (SSSR count). The van der Waals surface area contributed by atoms with Gasteiger partial charge in [-0.3, -0.25) is 9.59 Å². The standard InChI is InChI=1S/C72H138N4O10/c1-5-9-13-17-23-33-47-65(48-34-24-18-14-10-6-2)83-69(77)51-37-27-21-29-43-61-81-63-67(85-71(79)73-53-45-59-75-55-39-31-40-56-75)68(86-72(80)74-54-46-60-76-57-41-32-42-58-76)64-82-62-44-30-22-28-38-52-70(78)84-66(49-35-25-19-15-11-7-3)50-36-26-20-16-12-8-4/h65-68H,5-64H2,1-4H3,(H,73,79)(H,74,80). The summed E-state index contributed by atoms with van der Waals surface area (Å²) in [5, 5.41) is 5.92. The van der Waals surface area contributed by atoms with Gasteiger partial charge in [-0.25, -0.2) is 9.59 Å². The number of carbonyl (C=O) groups is 4. The van der Waals surface area contributed by atoms with Gasteiger partial charge in [-0.1, -0.05) is 207 Å². The third kappa shape index (κ3) is 49.1. The van der Waals surface area contributed by atoms with E-state index < -0.39 is 24.4 Å². The molecule has 0 spiro atoms. The molecule has 0 saturated carbocycles. The van der Waals surface area contributed by atoms with E-state index in [0.29, 0.717) is 39.1 Å². The highest BCUT2D eigenvalue weighted by atomic mass is 16.6. The van der Waals surface area contributed by atoms with E-state index in [1.165, 1.54) is 167 Å². The molecule has 14 nitrogen and oxygen atoms in total. The largest absolute Gasteiger partial charge is 0.462 e. The maximum atomic E-state index is 13.5. The van der Waals surface area contributed by atoms with E-state index in [2.05, 4.69) is 48.1 Å². The van der Waals surface area contributed by atoms with Gasteiger partial charge in [-0.2, -0.15) is 0 Å². The number of piperidine rings is 2. The van der Waals surface area contributed by atoms with Gasteiger partial charge in [-0.15, -0.1) is 0 Å². The van der Waals surface area contributed by atoms with E-state index >= 15 is 0 Å². The van der Waals surface area contributed by atoms with Gasteiger partial charge >= 0.3 is 24.1 Å². The number of amides is 2. The number of nitrogens with one attached hydrogen (secondary N) is 2. The van der Waals surface area contributed by atoms with Crippen molar-refractivity contribution in [3.8, 4) is 0 Å². The van der Waals surface area contributed by atoms with Crippen molar-refractivity contribution < 1.29 is 47.6 Å². The SMILES string of the molecule is CCCCCCCCC(CCCCCCCC)OC(=O)CCCCCCCOCC(OC(=O)NCCCN1CCCCC1)C(COCCCCCCCC(=O)OC(CCCCCCCC)CCCCCCCC)OC(=O)NCCCN1CCCCC1. The third-order valence-electron chi connectivity index (χ3n) is 17.7. The van der Waals surface area contributed by atoms with Crippen molar-refractivity contribution >= 4 is 24.1 Å². The Morgan fingerprint density at radius 2 is 0.628 bits per heavy atom. The van der Waals surface area contributed by atoms with Gasteiger partial charge in [0.2, 0.25) is 0 Å². The van der Waals surface area contributed by atoms with Gasteiger partial charge < -0.3 is 48.9 Å². The highest BCUT2D eigenvalue weighted by molar-refractivity contribution is 5.70. The number of rotatable bonds is 61. The predicted molar refractivity (Wildman–Crippen MR) is 355 cm³/mol. The quantitative estimate of drug-likeness (QED) is 0.0338. The minimum Gasteiger partial charge on any atom is -0.462 e. The maximum absolute atomic E-state index is 13.5. The van der Waals surface area contributed by atoms with E-state index in [1.54, 1.807) is 0 Å². The van der Waals surface area contributed by atoms with Crippen molar-refractivity contribution in [2.75, 3.05) is 78.8 Å². The molecule has 2 atom stereocenters. The summed E-state index contributed by atoms with van der Waals surface area (Å²) in [6, 6.07) is 0. The zero-order valence-electron chi connectivity index (χ0n) is 56.7. The minimum atomic E-state index is -0.885. The second kappa shape index (κ2) is 59.9. The molecular formula is C72H138N4O10. The molecule has 0 bridgehead atoms. The normalized spacial score (nSPS) is 14.8. The van der Waals surface area contributed by atoms with Crippen LogP contribution in [0.5, 0.6) is 0 Å². The average Bonchev–Trinajstić information content (AvgIpc) is 3.58. The molecule has 2 unspecified atom stereocenters. The van der Waals surface area contributed by atoms with E-state index in [1.807, 2.05) is 0 Å². The number of ether oxygens (including phenoxy) is 6. The number of alkyl carbamates (subject to hydrolysis) is 2. The van der Waals surface area contributed by atoms with Gasteiger partial charge in [0.25, 0.3) is 0 Å². The molecule has 2 heterocycles. The van der Waals surface area contributed by atoms with Gasteiger partial charge in [0.1, 0.15) is 12.2 Å². The monoisotopic (exact) mass is 1220 g/mol. The summed E-state index contributed by atoms with van der Waals surface area (Å²) in [6.45, 7) is 17.3. The smallest absolute Gasteiger partial charge is 0.407 e. The summed E-state index contributed by atoms with van der Waals surface area (Å²) < 4.78 is 36.8. The average molecular weight is 1220 g/mol. The van der Waals surface area contributed by atoms with E-state index in [9.17, 15) is 19.2 Å². The van der Waals surface area contributed by atoms with Crippen LogP contribution in [0.15, 0.2) is 0 Å². The summed E-state index contributed by atoms with van der Waals surface area (Å²) in [5.74, 6) is -0.101. The minimum absolute atomic E-state index is 0.0453. The second-order valence-corrected chi connectivity index (χ2v) is 25.9. The molecule has 86 heavy (non-hydrogen) atoms. The Hall–Kier alpha value is -2.68. The summed E-state index contributed by atoms with van der Waals surface area (Å²) in [4.78, 5) is 57.9. The molecule has 14 heteroatoms. The fourth-order valence-corrected chi connectivity index (χ4v) is 12.2. The predicted octanol–water partition coefficient (Wildman–Crippen LogP) is 18.5. The lowest BCUT2D eigenvalue weighted by Crippen LogP contribution is -2.45. The Balaban J connectivity index is 1.94. The first-order valence-corrected chi connectivity index (χ1v) is 37.2. The van der Waals surface area contributed by atoms with Gasteiger partial charge in [0.15, 0.2) is 12.2 Å². The zero-order valence-corrected chi connectivity index (χ0v) is 56.7. The Morgan fingerprint density at radius 1 is 0.337 bits per heavy atom. The fraction of sp³-hybridized carbons (Fsp3) is 0.944. The van der Waals surface area contributed by atoms with E-state index in [-0.39, 0.29) is 37.4 Å². The van der Waals surface area contributed by atoms with Crippen LogP contribution < -0.4 is 10.6 Å². The Labute approximate surface area is 529 Å². The van der Waals surface area contributed by atoms with Crippen LogP contribution in [0, 0.1) is 0 Å². The van der Waals surface area contributed by atoms with Crippen molar-refractivity contribution in [3.05, 3.63) is 0 Å². The van der Waals surface area contributed by atoms with Crippen LogP contribution in [0.4, 0.5) is 9.59 Å². The number of likely N-dealkylation sites (tertiary alicyclic amines) is 2. The van der Waals surface area contributed by atoms with Crippen LogP contribution in [0.3, 0.4) is 0 Å². The van der Waals surface area contributed by atoms with Gasteiger partial charge in [0.05, 0.1) is 13.2 Å². The number of nitrogens with zero attached hydrogens (tertiary/aromatic N) is 2. The van der Waals surface area contributed by atoms with Crippen LogP contribution >= 0.6 is 0 Å². The molecule has 2 N–H and O–H groups in total. The number of unbranched alkanes of at least 4 members (excludes halogenated alkanes) is 28. The molecule has 0 aliphatic carbocycles. The number of carbonyl (C=O) groups excluding carboxylic acids is 4. The molecule has 0 aromatic heterocycles. The van der Waals surface area contributed by atoms with Gasteiger partial charge in [-0.05, 0) is 155 Å². The number of esters is 2. The summed E-state index contributed by atoms with van der Waals surface area (Å²) >= 11 is 0. The molecule has 2 fully saturated rings. The number of hydrogen-bond donors (Lipinski definition) is 2.